The Morgan fingerprint density at radius 3 is 2.75 bits per heavy atom. The van der Waals surface area contributed by atoms with E-state index in [4.69, 9.17) is 4.74 Å². The summed E-state index contributed by atoms with van der Waals surface area (Å²) in [6.07, 6.45) is 3.21. The SMILES string of the molecule is CCCCCNC(=O)c1cc(Nc2ccccc2N2CCOCC2)nc(C)n1. The molecule has 1 saturated heterocycles. The van der Waals surface area contributed by atoms with Gasteiger partial charge in [0.25, 0.3) is 5.91 Å². The van der Waals surface area contributed by atoms with E-state index in [-0.39, 0.29) is 5.91 Å². The van der Waals surface area contributed by atoms with Crippen molar-refractivity contribution in [2.75, 3.05) is 43.1 Å². The number of hydrogen-bond donors (Lipinski definition) is 2. The number of amides is 1. The number of para-hydroxylation sites is 2. The Hall–Kier alpha value is -2.67. The molecule has 0 unspecified atom stereocenters. The fourth-order valence-corrected chi connectivity index (χ4v) is 3.21. The molecular weight excluding hydrogens is 354 g/mol. The molecule has 1 aliphatic heterocycles. The molecule has 1 aromatic carbocycles. The minimum atomic E-state index is -0.161. The lowest BCUT2D eigenvalue weighted by Crippen LogP contribution is -2.36. The zero-order valence-corrected chi connectivity index (χ0v) is 16.7. The number of rotatable bonds is 8. The van der Waals surface area contributed by atoms with Crippen LogP contribution in [-0.4, -0.2) is 48.7 Å². The number of nitrogens with zero attached hydrogens (tertiary/aromatic N) is 3. The minimum Gasteiger partial charge on any atom is -0.378 e. The van der Waals surface area contributed by atoms with Crippen molar-refractivity contribution >= 4 is 23.1 Å². The van der Waals surface area contributed by atoms with Crippen LogP contribution in [0, 0.1) is 6.92 Å². The van der Waals surface area contributed by atoms with Crippen molar-refractivity contribution in [3.8, 4) is 0 Å². The molecule has 0 bridgehead atoms. The van der Waals surface area contributed by atoms with Crippen LogP contribution in [0.15, 0.2) is 30.3 Å². The topological polar surface area (TPSA) is 79.4 Å². The summed E-state index contributed by atoms with van der Waals surface area (Å²) in [5.41, 5.74) is 2.44. The molecule has 150 valence electrons. The fourth-order valence-electron chi connectivity index (χ4n) is 3.21. The van der Waals surface area contributed by atoms with Gasteiger partial charge >= 0.3 is 0 Å². The predicted octanol–water partition coefficient (Wildman–Crippen LogP) is 3.29. The van der Waals surface area contributed by atoms with Crippen LogP contribution in [0.2, 0.25) is 0 Å². The lowest BCUT2D eigenvalue weighted by atomic mass is 10.2. The third-order valence-electron chi connectivity index (χ3n) is 4.66. The van der Waals surface area contributed by atoms with E-state index < -0.39 is 0 Å². The van der Waals surface area contributed by atoms with Gasteiger partial charge in [-0.25, -0.2) is 9.97 Å². The quantitative estimate of drug-likeness (QED) is 0.681. The van der Waals surface area contributed by atoms with Gasteiger partial charge in [0.15, 0.2) is 0 Å². The molecule has 3 rings (SSSR count). The summed E-state index contributed by atoms with van der Waals surface area (Å²) >= 11 is 0. The number of aromatic nitrogens is 2. The van der Waals surface area contributed by atoms with Crippen molar-refractivity contribution < 1.29 is 9.53 Å². The number of carbonyl (C=O) groups excluding carboxylic acids is 1. The highest BCUT2D eigenvalue weighted by molar-refractivity contribution is 5.93. The lowest BCUT2D eigenvalue weighted by Gasteiger charge is -2.30. The largest absolute Gasteiger partial charge is 0.378 e. The molecule has 0 saturated carbocycles. The monoisotopic (exact) mass is 383 g/mol. The van der Waals surface area contributed by atoms with E-state index in [0.29, 0.717) is 23.9 Å². The first-order chi connectivity index (χ1) is 13.7. The zero-order chi connectivity index (χ0) is 19.8. The van der Waals surface area contributed by atoms with Gasteiger partial charge in [-0.05, 0) is 25.5 Å². The van der Waals surface area contributed by atoms with Crippen molar-refractivity contribution in [1.29, 1.82) is 0 Å². The van der Waals surface area contributed by atoms with E-state index in [1.807, 2.05) is 18.2 Å². The molecule has 1 amide bonds. The molecule has 2 N–H and O–H groups in total. The summed E-state index contributed by atoms with van der Waals surface area (Å²) in [5.74, 6) is 1.02. The van der Waals surface area contributed by atoms with E-state index in [1.165, 1.54) is 0 Å². The summed E-state index contributed by atoms with van der Waals surface area (Å²) in [5, 5.41) is 6.30. The first-order valence-corrected chi connectivity index (χ1v) is 10.00. The highest BCUT2D eigenvalue weighted by Crippen LogP contribution is 2.28. The number of hydrogen-bond acceptors (Lipinski definition) is 6. The van der Waals surface area contributed by atoms with Gasteiger partial charge in [-0.15, -0.1) is 0 Å². The van der Waals surface area contributed by atoms with Crippen molar-refractivity contribution in [2.24, 2.45) is 0 Å². The van der Waals surface area contributed by atoms with Gasteiger partial charge in [0, 0.05) is 25.7 Å². The molecule has 0 aliphatic carbocycles. The molecule has 0 atom stereocenters. The van der Waals surface area contributed by atoms with Gasteiger partial charge in [0.2, 0.25) is 0 Å². The Morgan fingerprint density at radius 2 is 1.96 bits per heavy atom. The molecule has 2 aromatic rings. The predicted molar refractivity (Wildman–Crippen MR) is 111 cm³/mol. The molecule has 2 heterocycles. The van der Waals surface area contributed by atoms with Crippen LogP contribution in [0.3, 0.4) is 0 Å². The highest BCUT2D eigenvalue weighted by Gasteiger charge is 2.16. The third-order valence-corrected chi connectivity index (χ3v) is 4.66. The average Bonchev–Trinajstić information content (AvgIpc) is 2.72. The Kier molecular flexibility index (Phi) is 7.19. The number of anilines is 3. The van der Waals surface area contributed by atoms with Crippen LogP contribution in [0.4, 0.5) is 17.2 Å². The second-order valence-corrected chi connectivity index (χ2v) is 6.89. The maximum atomic E-state index is 12.4. The highest BCUT2D eigenvalue weighted by atomic mass is 16.5. The molecule has 0 spiro atoms. The maximum Gasteiger partial charge on any atom is 0.270 e. The van der Waals surface area contributed by atoms with Crippen LogP contribution in [0.5, 0.6) is 0 Å². The molecule has 1 fully saturated rings. The van der Waals surface area contributed by atoms with E-state index in [0.717, 1.165) is 56.9 Å². The smallest absolute Gasteiger partial charge is 0.270 e. The van der Waals surface area contributed by atoms with Crippen LogP contribution in [0.1, 0.15) is 42.5 Å². The van der Waals surface area contributed by atoms with E-state index in [9.17, 15) is 4.79 Å². The van der Waals surface area contributed by atoms with Crippen LogP contribution in [0.25, 0.3) is 0 Å². The van der Waals surface area contributed by atoms with Crippen LogP contribution >= 0.6 is 0 Å². The van der Waals surface area contributed by atoms with Crippen molar-refractivity contribution in [2.45, 2.75) is 33.1 Å². The second-order valence-electron chi connectivity index (χ2n) is 6.89. The Bertz CT molecular complexity index is 790. The van der Waals surface area contributed by atoms with Gasteiger partial charge in [0.1, 0.15) is 17.3 Å². The van der Waals surface area contributed by atoms with Crippen molar-refractivity contribution in [3.63, 3.8) is 0 Å². The van der Waals surface area contributed by atoms with Gasteiger partial charge in [-0.3, -0.25) is 4.79 Å². The third kappa shape index (κ3) is 5.42. The maximum absolute atomic E-state index is 12.4. The zero-order valence-electron chi connectivity index (χ0n) is 16.7. The fraction of sp³-hybridized carbons (Fsp3) is 0.476. The van der Waals surface area contributed by atoms with Crippen molar-refractivity contribution in [3.05, 3.63) is 41.9 Å². The Balaban J connectivity index is 1.74. The first kappa shape index (κ1) is 20.1. The number of morpholine rings is 1. The molecule has 28 heavy (non-hydrogen) atoms. The number of nitrogens with one attached hydrogen (secondary N) is 2. The van der Waals surface area contributed by atoms with Crippen molar-refractivity contribution in [1.82, 2.24) is 15.3 Å². The summed E-state index contributed by atoms with van der Waals surface area (Å²) < 4.78 is 5.46. The number of ether oxygens (including phenoxy) is 1. The average molecular weight is 383 g/mol. The van der Waals surface area contributed by atoms with Gasteiger partial charge in [-0.2, -0.15) is 0 Å². The first-order valence-electron chi connectivity index (χ1n) is 10.00. The molecule has 7 nitrogen and oxygen atoms in total. The second kappa shape index (κ2) is 10.0. The molecule has 1 aromatic heterocycles. The van der Waals surface area contributed by atoms with E-state index in [1.54, 1.807) is 13.0 Å². The minimum absolute atomic E-state index is 0.161. The normalized spacial score (nSPS) is 14.0. The van der Waals surface area contributed by atoms with Gasteiger partial charge in [0.05, 0.1) is 24.6 Å². The summed E-state index contributed by atoms with van der Waals surface area (Å²) in [4.78, 5) is 23.5. The molecule has 0 radical (unpaired) electrons. The summed E-state index contributed by atoms with van der Waals surface area (Å²) in [7, 11) is 0. The standard InChI is InChI=1S/C21H29N5O2/c1-3-4-7-10-22-21(27)18-15-20(24-16(2)23-18)25-17-8-5-6-9-19(17)26-11-13-28-14-12-26/h5-6,8-9,15H,3-4,7,10-14H2,1-2H3,(H,22,27)(H,23,24,25). The number of carbonyl (C=O) groups is 1. The van der Waals surface area contributed by atoms with E-state index >= 15 is 0 Å². The van der Waals surface area contributed by atoms with Crippen LogP contribution in [-0.2, 0) is 4.74 Å². The molecule has 7 heteroatoms. The summed E-state index contributed by atoms with van der Waals surface area (Å²) in [6.45, 7) is 7.76. The van der Waals surface area contributed by atoms with E-state index in [2.05, 4.69) is 38.5 Å². The number of unbranched alkanes of at least 4 members (excludes halogenated alkanes) is 2. The Labute approximate surface area is 166 Å². The van der Waals surface area contributed by atoms with Crippen LogP contribution < -0.4 is 15.5 Å². The number of benzene rings is 1. The lowest BCUT2D eigenvalue weighted by molar-refractivity contribution is 0.0947. The van der Waals surface area contributed by atoms with Gasteiger partial charge in [-0.1, -0.05) is 31.9 Å². The molecular formula is C21H29N5O2. The summed E-state index contributed by atoms with van der Waals surface area (Å²) in [6, 6.07) is 9.83. The molecule has 1 aliphatic rings. The van der Waals surface area contributed by atoms with Gasteiger partial charge < -0.3 is 20.3 Å². The Morgan fingerprint density at radius 1 is 1.18 bits per heavy atom. The number of aryl methyl sites for hydroxylation is 1.